The third-order valence-corrected chi connectivity index (χ3v) is 3.06. The van der Waals surface area contributed by atoms with Gasteiger partial charge in [0.1, 0.15) is 5.56 Å². The van der Waals surface area contributed by atoms with Gasteiger partial charge in [0.25, 0.3) is 0 Å². The van der Waals surface area contributed by atoms with Crippen molar-refractivity contribution in [2.45, 2.75) is 25.2 Å². The van der Waals surface area contributed by atoms with Crippen LogP contribution in [0.5, 0.6) is 5.88 Å². The summed E-state index contributed by atoms with van der Waals surface area (Å²) < 4.78 is 43.1. The summed E-state index contributed by atoms with van der Waals surface area (Å²) >= 11 is 0. The van der Waals surface area contributed by atoms with Crippen LogP contribution in [0.25, 0.3) is 0 Å². The molecule has 0 bridgehead atoms. The third kappa shape index (κ3) is 3.36. The second-order valence-corrected chi connectivity index (χ2v) is 4.58. The Kier molecular flexibility index (Phi) is 3.96. The second kappa shape index (κ2) is 5.34. The lowest BCUT2D eigenvalue weighted by Gasteiger charge is -2.17. The molecular formula is C12H15F3N2O2. The first-order valence-corrected chi connectivity index (χ1v) is 5.90. The Balaban J connectivity index is 2.18. The predicted molar refractivity (Wildman–Crippen MR) is 61.7 cm³/mol. The summed E-state index contributed by atoms with van der Waals surface area (Å²) in [4.78, 5) is 5.59. The molecule has 1 aliphatic rings. The van der Waals surface area contributed by atoms with Gasteiger partial charge in [0.2, 0.25) is 5.88 Å². The first-order chi connectivity index (χ1) is 8.90. The maximum atomic E-state index is 12.8. The fraction of sp³-hybridized carbons (Fsp3) is 0.583. The number of methoxy groups -OCH3 is 1. The van der Waals surface area contributed by atoms with E-state index in [0.29, 0.717) is 31.6 Å². The van der Waals surface area contributed by atoms with Gasteiger partial charge < -0.3 is 9.84 Å². The van der Waals surface area contributed by atoms with Gasteiger partial charge in [-0.25, -0.2) is 4.98 Å². The van der Waals surface area contributed by atoms with Gasteiger partial charge in [-0.2, -0.15) is 13.2 Å². The topological polar surface area (TPSA) is 45.6 Å². The van der Waals surface area contributed by atoms with E-state index in [9.17, 15) is 18.3 Å². The van der Waals surface area contributed by atoms with E-state index >= 15 is 0 Å². The Morgan fingerprint density at radius 3 is 2.79 bits per heavy atom. The van der Waals surface area contributed by atoms with Crippen LogP contribution in [0.4, 0.5) is 13.2 Å². The first kappa shape index (κ1) is 14.1. The highest BCUT2D eigenvalue weighted by Gasteiger charge is 2.35. The highest BCUT2D eigenvalue weighted by molar-refractivity contribution is 5.32. The molecule has 1 aromatic heterocycles. The minimum Gasteiger partial charge on any atom is -0.481 e. The lowest BCUT2D eigenvalue weighted by molar-refractivity contribution is -0.139. The van der Waals surface area contributed by atoms with Crippen molar-refractivity contribution in [3.63, 3.8) is 0 Å². The highest BCUT2D eigenvalue weighted by atomic mass is 19.4. The summed E-state index contributed by atoms with van der Waals surface area (Å²) in [6, 6.07) is 1.05. The number of halogens is 3. The van der Waals surface area contributed by atoms with Crippen LogP contribution in [-0.2, 0) is 12.7 Å². The molecule has 1 unspecified atom stereocenters. The molecule has 1 saturated heterocycles. The maximum absolute atomic E-state index is 12.8. The summed E-state index contributed by atoms with van der Waals surface area (Å²) in [5, 5.41) is 9.39. The minimum atomic E-state index is -4.49. The van der Waals surface area contributed by atoms with E-state index in [-0.39, 0.29) is 0 Å². The van der Waals surface area contributed by atoms with Crippen LogP contribution >= 0.6 is 0 Å². The molecular weight excluding hydrogens is 261 g/mol. The Bertz CT molecular complexity index is 451. The smallest absolute Gasteiger partial charge is 0.421 e. The Morgan fingerprint density at radius 2 is 2.26 bits per heavy atom. The molecule has 1 aromatic rings. The molecule has 1 aliphatic heterocycles. The molecule has 0 spiro atoms. The zero-order valence-electron chi connectivity index (χ0n) is 10.4. The van der Waals surface area contributed by atoms with Gasteiger partial charge in [0.05, 0.1) is 13.2 Å². The normalized spacial score (nSPS) is 20.8. The third-order valence-electron chi connectivity index (χ3n) is 3.06. The zero-order valence-corrected chi connectivity index (χ0v) is 10.4. The van der Waals surface area contributed by atoms with Gasteiger partial charge in [-0.05, 0) is 18.1 Å². The van der Waals surface area contributed by atoms with Crippen molar-refractivity contribution in [1.82, 2.24) is 9.88 Å². The fourth-order valence-corrected chi connectivity index (χ4v) is 2.16. The molecule has 0 saturated carbocycles. The van der Waals surface area contributed by atoms with E-state index in [1.165, 1.54) is 6.20 Å². The number of hydrogen-bond acceptors (Lipinski definition) is 4. The van der Waals surface area contributed by atoms with Crippen molar-refractivity contribution in [3.8, 4) is 5.88 Å². The predicted octanol–water partition coefficient (Wildman–Crippen LogP) is 1.68. The van der Waals surface area contributed by atoms with Crippen molar-refractivity contribution in [2.24, 2.45) is 0 Å². The van der Waals surface area contributed by atoms with E-state index < -0.39 is 23.7 Å². The molecule has 2 heterocycles. The number of likely N-dealkylation sites (tertiary alicyclic amines) is 1. The van der Waals surface area contributed by atoms with Gasteiger partial charge in [0, 0.05) is 25.8 Å². The first-order valence-electron chi connectivity index (χ1n) is 5.90. The number of aliphatic hydroxyl groups is 1. The molecule has 19 heavy (non-hydrogen) atoms. The molecule has 2 rings (SSSR count). The number of pyridine rings is 1. The largest absolute Gasteiger partial charge is 0.481 e. The fourth-order valence-electron chi connectivity index (χ4n) is 2.16. The molecule has 7 heteroatoms. The van der Waals surface area contributed by atoms with Crippen LogP contribution in [0, 0.1) is 0 Å². The SMILES string of the molecule is COc1ncc(CN2CCC(O)C2)cc1C(F)(F)F. The molecule has 1 N–H and O–H groups in total. The van der Waals surface area contributed by atoms with Gasteiger partial charge in [-0.3, -0.25) is 4.90 Å². The number of nitrogens with zero attached hydrogens (tertiary/aromatic N) is 2. The number of aromatic nitrogens is 1. The molecule has 1 atom stereocenters. The van der Waals surface area contributed by atoms with Crippen LogP contribution < -0.4 is 4.74 Å². The number of hydrogen-bond donors (Lipinski definition) is 1. The summed E-state index contributed by atoms with van der Waals surface area (Å²) in [7, 11) is 1.16. The number of alkyl halides is 3. The maximum Gasteiger partial charge on any atom is 0.421 e. The van der Waals surface area contributed by atoms with E-state index in [1.807, 2.05) is 4.90 Å². The highest BCUT2D eigenvalue weighted by Crippen LogP contribution is 2.35. The summed E-state index contributed by atoms with van der Waals surface area (Å²) in [5.41, 5.74) is -0.408. The van der Waals surface area contributed by atoms with Crippen molar-refractivity contribution < 1.29 is 23.0 Å². The average Bonchev–Trinajstić information content (AvgIpc) is 2.73. The lowest BCUT2D eigenvalue weighted by Crippen LogP contribution is -2.22. The van der Waals surface area contributed by atoms with Crippen LogP contribution in [0.3, 0.4) is 0 Å². The average molecular weight is 276 g/mol. The number of rotatable bonds is 3. The number of ether oxygens (including phenoxy) is 1. The quantitative estimate of drug-likeness (QED) is 0.912. The molecule has 0 aromatic carbocycles. The molecule has 0 amide bonds. The van der Waals surface area contributed by atoms with E-state index in [4.69, 9.17) is 0 Å². The number of aliphatic hydroxyl groups excluding tert-OH is 1. The summed E-state index contributed by atoms with van der Waals surface area (Å²) in [5.74, 6) is -0.419. The Hall–Kier alpha value is -1.34. The van der Waals surface area contributed by atoms with Crippen LogP contribution in [0.15, 0.2) is 12.3 Å². The van der Waals surface area contributed by atoms with Gasteiger partial charge >= 0.3 is 6.18 Å². The monoisotopic (exact) mass is 276 g/mol. The van der Waals surface area contributed by atoms with Crippen LogP contribution in [0.2, 0.25) is 0 Å². The van der Waals surface area contributed by atoms with E-state index in [1.54, 1.807) is 0 Å². The molecule has 4 nitrogen and oxygen atoms in total. The van der Waals surface area contributed by atoms with Crippen molar-refractivity contribution in [3.05, 3.63) is 23.4 Å². The molecule has 1 fully saturated rings. The van der Waals surface area contributed by atoms with Crippen molar-refractivity contribution in [2.75, 3.05) is 20.2 Å². The van der Waals surface area contributed by atoms with Crippen LogP contribution in [0.1, 0.15) is 17.5 Å². The summed E-state index contributed by atoms with van der Waals surface area (Å²) in [6.07, 6.45) is -2.86. The van der Waals surface area contributed by atoms with Gasteiger partial charge in [-0.15, -0.1) is 0 Å². The Labute approximate surface area is 108 Å². The van der Waals surface area contributed by atoms with Crippen molar-refractivity contribution >= 4 is 0 Å². The van der Waals surface area contributed by atoms with E-state index in [2.05, 4.69) is 9.72 Å². The standard InChI is InChI=1S/C12H15F3N2O2/c1-19-11-10(12(13,14)15)4-8(5-16-11)6-17-3-2-9(18)7-17/h4-5,9,18H,2-3,6-7H2,1H3. The van der Waals surface area contributed by atoms with Crippen LogP contribution in [-0.4, -0.2) is 41.3 Å². The Morgan fingerprint density at radius 1 is 1.53 bits per heavy atom. The minimum absolute atomic E-state index is 0.344. The molecule has 0 radical (unpaired) electrons. The zero-order chi connectivity index (χ0) is 14.0. The van der Waals surface area contributed by atoms with Crippen molar-refractivity contribution in [1.29, 1.82) is 0 Å². The molecule has 0 aliphatic carbocycles. The van der Waals surface area contributed by atoms with E-state index in [0.717, 1.165) is 13.2 Å². The second-order valence-electron chi connectivity index (χ2n) is 4.58. The van der Waals surface area contributed by atoms with Gasteiger partial charge in [-0.1, -0.05) is 0 Å². The lowest BCUT2D eigenvalue weighted by atomic mass is 10.2. The van der Waals surface area contributed by atoms with Gasteiger partial charge in [0.15, 0.2) is 0 Å². The summed E-state index contributed by atoms with van der Waals surface area (Å²) in [6.45, 7) is 1.50. The molecule has 106 valence electrons. The number of β-amino-alcohol motifs (C(OH)–C–C–N with tert-alkyl or cyclic N) is 1.